The average Bonchev–Trinajstić information content (AvgIpc) is 3.56. The molecule has 1 saturated carbocycles. The van der Waals surface area contributed by atoms with Crippen LogP contribution in [0.15, 0.2) is 54.5 Å². The minimum Gasteiger partial charge on any atom is -0.383 e. The number of hydrogen-bond acceptors (Lipinski definition) is 7. The smallest absolute Gasteiger partial charge is 0.383 e. The summed E-state index contributed by atoms with van der Waals surface area (Å²) in [5.74, 6) is -1.38. The lowest BCUT2D eigenvalue weighted by atomic mass is 9.96. The maximum atomic E-state index is 13.2. The fourth-order valence-electron chi connectivity index (χ4n) is 4.68. The largest absolute Gasteiger partial charge is 0.393 e. The Kier molecular flexibility index (Phi) is 7.42. The fourth-order valence-corrected chi connectivity index (χ4v) is 5.19. The summed E-state index contributed by atoms with van der Waals surface area (Å²) in [6.45, 7) is 6.86. The zero-order valence-corrected chi connectivity index (χ0v) is 23.5. The van der Waals surface area contributed by atoms with Crippen molar-refractivity contribution in [3.63, 3.8) is 0 Å². The van der Waals surface area contributed by atoms with E-state index in [0.29, 0.717) is 55.7 Å². The summed E-state index contributed by atoms with van der Waals surface area (Å²) in [6, 6.07) is 11.7. The quantitative estimate of drug-likeness (QED) is 0.233. The van der Waals surface area contributed by atoms with Crippen LogP contribution in [0.5, 0.6) is 0 Å². The van der Waals surface area contributed by atoms with Gasteiger partial charge in [0.2, 0.25) is 0 Å². The van der Waals surface area contributed by atoms with Gasteiger partial charge in [0.15, 0.2) is 0 Å². The van der Waals surface area contributed by atoms with Crippen LogP contribution in [0.3, 0.4) is 0 Å². The molecule has 2 aromatic carbocycles. The van der Waals surface area contributed by atoms with Crippen LogP contribution in [0.2, 0.25) is 10.0 Å². The third-order valence-corrected chi connectivity index (χ3v) is 7.45. The monoisotopic (exact) mass is 589 g/mol. The molecule has 3 aromatic rings. The normalized spacial score (nSPS) is 19.6. The number of nitrogens with zero attached hydrogens (tertiary/aromatic N) is 3. The van der Waals surface area contributed by atoms with Crippen molar-refractivity contribution in [2.45, 2.75) is 45.5 Å². The van der Waals surface area contributed by atoms with Gasteiger partial charge >= 0.3 is 6.18 Å². The van der Waals surface area contributed by atoms with Crippen molar-refractivity contribution < 1.29 is 13.2 Å². The van der Waals surface area contributed by atoms with Gasteiger partial charge in [0.25, 0.3) is 0 Å². The van der Waals surface area contributed by atoms with Gasteiger partial charge in [0, 0.05) is 35.0 Å². The van der Waals surface area contributed by atoms with Gasteiger partial charge in [-0.15, -0.1) is 5.53 Å². The topological polar surface area (TPSA) is 88.0 Å². The Balaban J connectivity index is 1.53. The van der Waals surface area contributed by atoms with Crippen LogP contribution in [-0.4, -0.2) is 28.8 Å². The number of alkyl halides is 3. The number of halogens is 5. The van der Waals surface area contributed by atoms with Crippen molar-refractivity contribution in [3.8, 4) is 6.07 Å². The van der Waals surface area contributed by atoms with Crippen molar-refractivity contribution in [1.29, 1.82) is 5.26 Å². The number of rotatable bonds is 7. The molecule has 7 nitrogen and oxygen atoms in total. The van der Waals surface area contributed by atoms with Crippen LogP contribution in [0.4, 0.5) is 24.5 Å². The molecule has 3 atom stereocenters. The molecule has 2 heterocycles. The lowest BCUT2D eigenvalue weighted by Crippen LogP contribution is -2.40. The predicted molar refractivity (Wildman–Crippen MR) is 151 cm³/mol. The van der Waals surface area contributed by atoms with E-state index in [1.165, 1.54) is 11.2 Å². The van der Waals surface area contributed by atoms with Crippen molar-refractivity contribution in [1.82, 2.24) is 21.0 Å². The van der Waals surface area contributed by atoms with Crippen molar-refractivity contribution >= 4 is 45.5 Å². The molecule has 5 rings (SSSR count). The maximum Gasteiger partial charge on any atom is 0.393 e. The number of nitrogens with one attached hydrogen (secondary N) is 4. The zero-order chi connectivity index (χ0) is 28.8. The van der Waals surface area contributed by atoms with Crippen LogP contribution < -0.4 is 21.6 Å². The molecular weight excluding hydrogens is 562 g/mol. The number of hydrazine groups is 2. The van der Waals surface area contributed by atoms with Gasteiger partial charge in [-0.1, -0.05) is 62.2 Å². The average molecular weight is 590 g/mol. The van der Waals surface area contributed by atoms with Crippen LogP contribution in [0.1, 0.15) is 44.4 Å². The molecule has 0 saturated heterocycles. The first-order valence-electron chi connectivity index (χ1n) is 12.7. The summed E-state index contributed by atoms with van der Waals surface area (Å²) in [4.78, 5) is 4.41. The highest BCUT2D eigenvalue weighted by atomic mass is 35.5. The molecule has 4 N–H and O–H groups in total. The predicted octanol–water partition coefficient (Wildman–Crippen LogP) is 7.14. The summed E-state index contributed by atoms with van der Waals surface area (Å²) >= 11 is 13.2. The SMILES string of the molecule is CC(C)(C)CNc1c(C#N)cnc2c(Cl)cc(NC(C3=CN(C4CC4C(F)(F)F)NN3)c3ccccc3Cl)cc12. The van der Waals surface area contributed by atoms with E-state index >= 15 is 0 Å². The Morgan fingerprint density at radius 2 is 1.93 bits per heavy atom. The van der Waals surface area contributed by atoms with Gasteiger partial charge in [0.1, 0.15) is 6.07 Å². The van der Waals surface area contributed by atoms with Gasteiger partial charge in [-0.05, 0) is 35.6 Å². The lowest BCUT2D eigenvalue weighted by molar-refractivity contribution is -0.152. The zero-order valence-electron chi connectivity index (χ0n) is 22.0. The maximum absolute atomic E-state index is 13.2. The molecule has 1 aliphatic carbocycles. The summed E-state index contributed by atoms with van der Waals surface area (Å²) in [6.07, 6.45) is -1.10. The second-order valence-corrected chi connectivity index (χ2v) is 12.0. The Morgan fingerprint density at radius 3 is 2.58 bits per heavy atom. The molecule has 1 fully saturated rings. The minimum atomic E-state index is -4.25. The molecule has 1 aliphatic heterocycles. The van der Waals surface area contributed by atoms with E-state index in [4.69, 9.17) is 23.2 Å². The molecule has 12 heteroatoms. The standard InChI is InChI=1S/C28H28Cl2F3N7/c1-27(2,3)14-36-24-15(11-34)12-35-25-18(24)8-16(9-21(25)30)37-26(17-6-4-5-7-20(17)29)22-13-40(39-38-22)23-10-19(23)28(31,32)33/h4-9,12-13,19,23,26,37-39H,10,14H2,1-3H3,(H,35,36). The van der Waals surface area contributed by atoms with Gasteiger partial charge in [-0.2, -0.15) is 18.4 Å². The summed E-state index contributed by atoms with van der Waals surface area (Å²) in [7, 11) is 0. The molecule has 210 valence electrons. The number of benzene rings is 2. The molecule has 0 radical (unpaired) electrons. The van der Waals surface area contributed by atoms with E-state index in [-0.39, 0.29) is 11.8 Å². The number of hydrogen-bond donors (Lipinski definition) is 4. The molecule has 1 aromatic heterocycles. The highest BCUT2D eigenvalue weighted by Gasteiger charge is 2.58. The van der Waals surface area contributed by atoms with Crippen LogP contribution in [0.25, 0.3) is 10.9 Å². The molecule has 40 heavy (non-hydrogen) atoms. The number of pyridine rings is 1. The van der Waals surface area contributed by atoms with E-state index in [9.17, 15) is 18.4 Å². The van der Waals surface area contributed by atoms with E-state index in [1.54, 1.807) is 24.4 Å². The van der Waals surface area contributed by atoms with Crippen molar-refractivity contribution in [2.75, 3.05) is 17.2 Å². The number of anilines is 2. The number of aromatic nitrogens is 1. The first kappa shape index (κ1) is 28.1. The van der Waals surface area contributed by atoms with Gasteiger partial charge in [0.05, 0.1) is 45.5 Å². The molecular formula is C28H28Cl2F3N7. The molecule has 0 spiro atoms. The second-order valence-electron chi connectivity index (χ2n) is 11.2. The summed E-state index contributed by atoms with van der Waals surface area (Å²) in [5, 5.41) is 19.6. The summed E-state index contributed by atoms with van der Waals surface area (Å²) in [5.41, 5.74) is 9.25. The first-order valence-corrected chi connectivity index (χ1v) is 13.5. The van der Waals surface area contributed by atoms with Gasteiger partial charge < -0.3 is 16.1 Å². The third kappa shape index (κ3) is 5.87. The van der Waals surface area contributed by atoms with Gasteiger partial charge in [-0.3, -0.25) is 9.99 Å². The van der Waals surface area contributed by atoms with Gasteiger partial charge in [-0.25, -0.2) is 0 Å². The summed E-state index contributed by atoms with van der Waals surface area (Å²) < 4.78 is 39.6. The van der Waals surface area contributed by atoms with Crippen LogP contribution in [0, 0.1) is 22.7 Å². The highest BCUT2D eigenvalue weighted by molar-refractivity contribution is 6.36. The minimum absolute atomic E-state index is 0.0188. The number of fused-ring (bicyclic) bond motifs is 1. The molecule has 0 bridgehead atoms. The molecule has 0 amide bonds. The molecule has 3 unspecified atom stereocenters. The highest BCUT2D eigenvalue weighted by Crippen LogP contribution is 2.48. The van der Waals surface area contributed by atoms with Crippen molar-refractivity contribution in [2.24, 2.45) is 11.3 Å². The van der Waals surface area contributed by atoms with Crippen molar-refractivity contribution in [3.05, 3.63) is 75.7 Å². The second kappa shape index (κ2) is 10.5. The Bertz CT molecular complexity index is 1510. The Morgan fingerprint density at radius 1 is 1.18 bits per heavy atom. The van der Waals surface area contributed by atoms with E-state index < -0.39 is 24.2 Å². The van der Waals surface area contributed by atoms with E-state index in [2.05, 4.69) is 53.4 Å². The van der Waals surface area contributed by atoms with E-state index in [1.807, 2.05) is 18.2 Å². The molecule has 2 aliphatic rings. The lowest BCUT2D eigenvalue weighted by Gasteiger charge is -2.24. The fraction of sp³-hybridized carbons (Fsp3) is 0.357. The van der Waals surface area contributed by atoms with E-state index in [0.717, 1.165) is 0 Å². The van der Waals surface area contributed by atoms with Crippen LogP contribution >= 0.6 is 23.2 Å². The first-order chi connectivity index (χ1) is 18.9. The van der Waals surface area contributed by atoms with Crippen LogP contribution in [-0.2, 0) is 0 Å². The third-order valence-electron chi connectivity index (χ3n) is 6.82. The number of nitriles is 1. The Hall–Kier alpha value is -3.39. The Labute approximate surface area is 240 Å².